The second kappa shape index (κ2) is 7.36. The number of carbonyl (C=O) groups excluding carboxylic acids is 2. The highest BCUT2D eigenvalue weighted by Crippen LogP contribution is 2.07. The van der Waals surface area contributed by atoms with Gasteiger partial charge in [-0.2, -0.15) is 0 Å². The van der Waals surface area contributed by atoms with E-state index in [0.717, 1.165) is 5.56 Å². The lowest BCUT2D eigenvalue weighted by Crippen LogP contribution is -2.34. The molecule has 2 aromatic carbocycles. The normalized spacial score (nSPS) is 11.7. The van der Waals surface area contributed by atoms with Crippen LogP contribution >= 0.6 is 0 Å². The van der Waals surface area contributed by atoms with Crippen LogP contribution in [0.25, 0.3) is 0 Å². The molecule has 0 aromatic heterocycles. The summed E-state index contributed by atoms with van der Waals surface area (Å²) in [4.78, 5) is 23.5. The molecule has 0 unspecified atom stereocenters. The van der Waals surface area contributed by atoms with Gasteiger partial charge in [-0.15, -0.1) is 0 Å². The Bertz CT molecular complexity index is 596. The van der Waals surface area contributed by atoms with Gasteiger partial charge in [0.05, 0.1) is 5.56 Å². The number of aryl methyl sites for hydroxylation is 1. The first kappa shape index (κ1) is 14.9. The fourth-order valence-electron chi connectivity index (χ4n) is 1.88. The zero-order chi connectivity index (χ0) is 15.1. The quantitative estimate of drug-likeness (QED) is 0.675. The van der Waals surface area contributed by atoms with E-state index in [4.69, 9.17) is 10.5 Å². The van der Waals surface area contributed by atoms with Crippen LogP contribution in [-0.2, 0) is 16.0 Å². The third-order valence-electron chi connectivity index (χ3n) is 3.09. The first-order valence-corrected chi connectivity index (χ1v) is 6.77. The van der Waals surface area contributed by atoms with Gasteiger partial charge in [0.15, 0.2) is 0 Å². The van der Waals surface area contributed by atoms with Crippen molar-refractivity contribution in [3.8, 4) is 0 Å². The summed E-state index contributed by atoms with van der Waals surface area (Å²) < 4.78 is 4.78. The maximum atomic E-state index is 11.8. The molecule has 4 nitrogen and oxygen atoms in total. The SMILES string of the molecule is N[C@@H](CCc1ccccc1)C(=O)OC(=O)c1ccccc1. The van der Waals surface area contributed by atoms with Crippen molar-refractivity contribution in [2.24, 2.45) is 5.73 Å². The van der Waals surface area contributed by atoms with E-state index in [1.807, 2.05) is 30.3 Å². The lowest BCUT2D eigenvalue weighted by molar-refractivity contribution is -0.139. The Kier molecular flexibility index (Phi) is 5.23. The molecule has 0 heterocycles. The number of nitrogens with two attached hydrogens (primary N) is 1. The van der Waals surface area contributed by atoms with E-state index in [0.29, 0.717) is 18.4 Å². The lowest BCUT2D eigenvalue weighted by Gasteiger charge is -2.10. The average molecular weight is 283 g/mol. The molecule has 2 N–H and O–H groups in total. The number of hydrogen-bond acceptors (Lipinski definition) is 4. The Morgan fingerprint density at radius 3 is 2.14 bits per heavy atom. The van der Waals surface area contributed by atoms with Gasteiger partial charge in [0.2, 0.25) is 0 Å². The van der Waals surface area contributed by atoms with Gasteiger partial charge in [-0.3, -0.25) is 0 Å². The highest BCUT2D eigenvalue weighted by Gasteiger charge is 2.19. The predicted octanol–water partition coefficient (Wildman–Crippen LogP) is 2.33. The summed E-state index contributed by atoms with van der Waals surface area (Å²) >= 11 is 0. The van der Waals surface area contributed by atoms with Gasteiger partial charge >= 0.3 is 11.9 Å². The molecule has 0 bridgehead atoms. The molecule has 0 saturated carbocycles. The molecule has 0 radical (unpaired) electrons. The molecule has 21 heavy (non-hydrogen) atoms. The van der Waals surface area contributed by atoms with Crippen LogP contribution in [0.4, 0.5) is 0 Å². The molecule has 0 saturated heterocycles. The van der Waals surface area contributed by atoms with E-state index in [1.54, 1.807) is 30.3 Å². The summed E-state index contributed by atoms with van der Waals surface area (Å²) in [5, 5.41) is 0. The molecule has 2 aromatic rings. The molecular formula is C17H17NO3. The second-order valence-corrected chi connectivity index (χ2v) is 4.71. The van der Waals surface area contributed by atoms with Gasteiger partial charge in [0.1, 0.15) is 6.04 Å². The Morgan fingerprint density at radius 1 is 0.952 bits per heavy atom. The Balaban J connectivity index is 1.84. The van der Waals surface area contributed by atoms with Crippen LogP contribution in [0.5, 0.6) is 0 Å². The molecule has 0 aliphatic carbocycles. The summed E-state index contributed by atoms with van der Waals surface area (Å²) in [7, 11) is 0. The maximum absolute atomic E-state index is 11.8. The maximum Gasteiger partial charge on any atom is 0.345 e. The topological polar surface area (TPSA) is 69.4 Å². The van der Waals surface area contributed by atoms with Crippen molar-refractivity contribution in [3.63, 3.8) is 0 Å². The van der Waals surface area contributed by atoms with Gasteiger partial charge in [-0.25, -0.2) is 9.59 Å². The van der Waals surface area contributed by atoms with E-state index in [1.165, 1.54) is 0 Å². The summed E-state index contributed by atoms with van der Waals surface area (Å²) in [5.41, 5.74) is 7.19. The van der Waals surface area contributed by atoms with Crippen LogP contribution in [0.3, 0.4) is 0 Å². The van der Waals surface area contributed by atoms with E-state index in [-0.39, 0.29) is 0 Å². The van der Waals surface area contributed by atoms with Crippen LogP contribution in [0.2, 0.25) is 0 Å². The van der Waals surface area contributed by atoms with Crippen LogP contribution in [0.15, 0.2) is 60.7 Å². The van der Waals surface area contributed by atoms with Gasteiger partial charge in [-0.05, 0) is 30.5 Å². The van der Waals surface area contributed by atoms with Gasteiger partial charge < -0.3 is 10.5 Å². The smallest absolute Gasteiger partial charge is 0.345 e. The van der Waals surface area contributed by atoms with Crippen molar-refractivity contribution in [1.82, 2.24) is 0 Å². The number of carbonyl (C=O) groups is 2. The molecule has 4 heteroatoms. The average Bonchev–Trinajstić information content (AvgIpc) is 2.54. The first-order chi connectivity index (χ1) is 10.2. The molecule has 0 aliphatic rings. The van der Waals surface area contributed by atoms with Gasteiger partial charge in [-0.1, -0.05) is 48.5 Å². The van der Waals surface area contributed by atoms with Crippen molar-refractivity contribution < 1.29 is 14.3 Å². The van der Waals surface area contributed by atoms with E-state index >= 15 is 0 Å². The minimum Gasteiger partial charge on any atom is -0.388 e. The van der Waals surface area contributed by atoms with Crippen LogP contribution in [0, 0.1) is 0 Å². The lowest BCUT2D eigenvalue weighted by atomic mass is 10.1. The van der Waals surface area contributed by atoms with Crippen LogP contribution in [0.1, 0.15) is 22.3 Å². The van der Waals surface area contributed by atoms with E-state index in [2.05, 4.69) is 0 Å². The fraction of sp³-hybridized carbons (Fsp3) is 0.176. The third kappa shape index (κ3) is 4.54. The monoisotopic (exact) mass is 283 g/mol. The van der Waals surface area contributed by atoms with Gasteiger partial charge in [0, 0.05) is 0 Å². The number of hydrogen-bond donors (Lipinski definition) is 1. The first-order valence-electron chi connectivity index (χ1n) is 6.77. The van der Waals surface area contributed by atoms with Gasteiger partial charge in [0.25, 0.3) is 0 Å². The third-order valence-corrected chi connectivity index (χ3v) is 3.09. The highest BCUT2D eigenvalue weighted by molar-refractivity contribution is 5.97. The standard InChI is InChI=1S/C17H17NO3/c18-15(12-11-13-7-3-1-4-8-13)17(20)21-16(19)14-9-5-2-6-10-14/h1-10,15H,11-12,18H2/t15-/m0/s1. The molecule has 2 rings (SSSR count). The second-order valence-electron chi connectivity index (χ2n) is 4.71. The minimum absolute atomic E-state index is 0.334. The summed E-state index contributed by atoms with van der Waals surface area (Å²) in [5.74, 6) is -1.37. The van der Waals surface area contributed by atoms with Crippen LogP contribution in [-0.4, -0.2) is 18.0 Å². The minimum atomic E-state index is -0.808. The van der Waals surface area contributed by atoms with Crippen molar-refractivity contribution in [1.29, 1.82) is 0 Å². The number of ether oxygens (including phenoxy) is 1. The Hall–Kier alpha value is -2.46. The van der Waals surface area contributed by atoms with Crippen molar-refractivity contribution in [3.05, 3.63) is 71.8 Å². The summed E-state index contributed by atoms with van der Waals surface area (Å²) in [6, 6.07) is 17.3. The molecular weight excluding hydrogens is 266 g/mol. The summed E-state index contributed by atoms with van der Waals surface area (Å²) in [6.45, 7) is 0. The van der Waals surface area contributed by atoms with E-state index < -0.39 is 18.0 Å². The molecule has 108 valence electrons. The van der Waals surface area contributed by atoms with Crippen molar-refractivity contribution in [2.45, 2.75) is 18.9 Å². The molecule has 0 aliphatic heterocycles. The Labute approximate surface area is 123 Å². The zero-order valence-corrected chi connectivity index (χ0v) is 11.6. The van der Waals surface area contributed by atoms with Crippen molar-refractivity contribution in [2.75, 3.05) is 0 Å². The Morgan fingerprint density at radius 2 is 1.52 bits per heavy atom. The predicted molar refractivity (Wildman–Crippen MR) is 79.6 cm³/mol. The molecule has 0 amide bonds. The largest absolute Gasteiger partial charge is 0.388 e. The molecule has 1 atom stereocenters. The van der Waals surface area contributed by atoms with Crippen molar-refractivity contribution >= 4 is 11.9 Å². The zero-order valence-electron chi connectivity index (χ0n) is 11.6. The molecule has 0 spiro atoms. The summed E-state index contributed by atoms with van der Waals surface area (Å²) in [6.07, 6.45) is 1.10. The van der Waals surface area contributed by atoms with Crippen LogP contribution < -0.4 is 5.73 Å². The number of benzene rings is 2. The number of esters is 2. The fourth-order valence-corrected chi connectivity index (χ4v) is 1.88. The highest BCUT2D eigenvalue weighted by atomic mass is 16.6. The number of rotatable bonds is 5. The molecule has 0 fully saturated rings. The van der Waals surface area contributed by atoms with E-state index in [9.17, 15) is 9.59 Å².